The summed E-state index contributed by atoms with van der Waals surface area (Å²) >= 11 is 0. The molecule has 2 bridgehead atoms. The Hall–Kier alpha value is -2.76. The molecule has 28 heavy (non-hydrogen) atoms. The van der Waals surface area contributed by atoms with Crippen LogP contribution < -0.4 is 14.8 Å². The molecule has 146 valence electrons. The van der Waals surface area contributed by atoms with Crippen LogP contribution in [0.5, 0.6) is 11.5 Å². The Morgan fingerprint density at radius 3 is 2.64 bits per heavy atom. The SMILES string of the molecule is COc1cccc([C@H]2Nc3ccc([N+](=O)[O-])cc3[C@H]3[C@H]4CC[C@H](C4)[C@@H]32)c1OC. The van der Waals surface area contributed by atoms with Gasteiger partial charge in [0, 0.05) is 23.4 Å². The van der Waals surface area contributed by atoms with Crippen LogP contribution in [0.1, 0.15) is 42.3 Å². The monoisotopic (exact) mass is 380 g/mol. The van der Waals surface area contributed by atoms with E-state index in [9.17, 15) is 10.1 Å². The van der Waals surface area contributed by atoms with Crippen molar-refractivity contribution in [2.75, 3.05) is 19.5 Å². The fourth-order valence-corrected chi connectivity index (χ4v) is 6.05. The lowest BCUT2D eigenvalue weighted by Crippen LogP contribution is -2.35. The molecule has 0 saturated heterocycles. The van der Waals surface area contributed by atoms with Gasteiger partial charge >= 0.3 is 0 Å². The molecule has 2 aromatic carbocycles. The van der Waals surface area contributed by atoms with E-state index in [1.807, 2.05) is 18.2 Å². The Bertz CT molecular complexity index is 944. The number of nitrogens with zero attached hydrogens (tertiary/aromatic N) is 1. The van der Waals surface area contributed by atoms with E-state index in [1.54, 1.807) is 26.4 Å². The maximum Gasteiger partial charge on any atom is 0.269 e. The molecule has 2 aliphatic carbocycles. The molecule has 0 unspecified atom stereocenters. The number of anilines is 1. The van der Waals surface area contributed by atoms with Gasteiger partial charge < -0.3 is 14.8 Å². The van der Waals surface area contributed by atoms with Gasteiger partial charge in [-0.25, -0.2) is 0 Å². The third-order valence-electron chi connectivity index (χ3n) is 7.05. The van der Waals surface area contributed by atoms with Crippen LogP contribution >= 0.6 is 0 Å². The van der Waals surface area contributed by atoms with E-state index < -0.39 is 0 Å². The average Bonchev–Trinajstić information content (AvgIpc) is 3.34. The van der Waals surface area contributed by atoms with Crippen molar-refractivity contribution >= 4 is 11.4 Å². The van der Waals surface area contributed by atoms with Gasteiger partial charge in [0.2, 0.25) is 0 Å². The van der Waals surface area contributed by atoms with E-state index in [4.69, 9.17) is 9.47 Å². The number of rotatable bonds is 4. The Morgan fingerprint density at radius 2 is 1.89 bits per heavy atom. The molecule has 1 N–H and O–H groups in total. The number of para-hydroxylation sites is 1. The third kappa shape index (κ3) is 2.40. The molecule has 2 fully saturated rings. The molecule has 0 radical (unpaired) electrons. The molecule has 5 rings (SSSR count). The van der Waals surface area contributed by atoms with Crippen molar-refractivity contribution in [3.8, 4) is 11.5 Å². The quantitative estimate of drug-likeness (QED) is 0.603. The summed E-state index contributed by atoms with van der Waals surface area (Å²) < 4.78 is 11.3. The summed E-state index contributed by atoms with van der Waals surface area (Å²) in [5.41, 5.74) is 3.41. The van der Waals surface area contributed by atoms with Gasteiger partial charge in [-0.05, 0) is 60.6 Å². The maximum atomic E-state index is 11.3. The van der Waals surface area contributed by atoms with Crippen molar-refractivity contribution in [3.05, 3.63) is 57.6 Å². The van der Waals surface area contributed by atoms with Gasteiger partial charge in [-0.1, -0.05) is 12.1 Å². The third-order valence-corrected chi connectivity index (χ3v) is 7.05. The van der Waals surface area contributed by atoms with Crippen molar-refractivity contribution in [1.82, 2.24) is 0 Å². The summed E-state index contributed by atoms with van der Waals surface area (Å²) in [6.45, 7) is 0. The second kappa shape index (κ2) is 6.40. The van der Waals surface area contributed by atoms with E-state index in [0.29, 0.717) is 23.7 Å². The number of fused-ring (bicyclic) bond motifs is 7. The Morgan fingerprint density at radius 1 is 1.07 bits per heavy atom. The number of nitro benzene ring substituents is 1. The fraction of sp³-hybridized carbons (Fsp3) is 0.455. The summed E-state index contributed by atoms with van der Waals surface area (Å²) in [4.78, 5) is 11.0. The molecule has 6 nitrogen and oxygen atoms in total. The zero-order valence-electron chi connectivity index (χ0n) is 16.1. The van der Waals surface area contributed by atoms with Crippen LogP contribution in [0.3, 0.4) is 0 Å². The maximum absolute atomic E-state index is 11.3. The first-order valence-corrected chi connectivity index (χ1v) is 9.88. The number of benzene rings is 2. The highest BCUT2D eigenvalue weighted by Gasteiger charge is 2.54. The van der Waals surface area contributed by atoms with Crippen LogP contribution in [-0.2, 0) is 0 Å². The average molecular weight is 380 g/mol. The zero-order chi connectivity index (χ0) is 19.4. The van der Waals surface area contributed by atoms with Gasteiger partial charge in [-0.15, -0.1) is 0 Å². The van der Waals surface area contributed by atoms with Gasteiger partial charge in [-0.3, -0.25) is 10.1 Å². The molecule has 2 saturated carbocycles. The predicted molar refractivity (Wildman–Crippen MR) is 106 cm³/mol. The molecular formula is C22H24N2O4. The van der Waals surface area contributed by atoms with Crippen LogP contribution in [0.4, 0.5) is 11.4 Å². The molecule has 1 aliphatic heterocycles. The van der Waals surface area contributed by atoms with Gasteiger partial charge in [0.05, 0.1) is 25.2 Å². The lowest BCUT2D eigenvalue weighted by Gasteiger charge is -2.43. The fourth-order valence-electron chi connectivity index (χ4n) is 6.05. The Kier molecular flexibility index (Phi) is 3.96. The highest BCUT2D eigenvalue weighted by Crippen LogP contribution is 2.64. The number of methoxy groups -OCH3 is 2. The summed E-state index contributed by atoms with van der Waals surface area (Å²) in [7, 11) is 3.34. The van der Waals surface area contributed by atoms with Crippen molar-refractivity contribution in [3.63, 3.8) is 0 Å². The number of nitrogens with one attached hydrogen (secondary N) is 1. The summed E-state index contributed by atoms with van der Waals surface area (Å²) in [6, 6.07) is 11.4. The Labute approximate surface area is 164 Å². The molecule has 2 aromatic rings. The van der Waals surface area contributed by atoms with E-state index in [0.717, 1.165) is 28.3 Å². The van der Waals surface area contributed by atoms with Crippen LogP contribution in [0.15, 0.2) is 36.4 Å². The minimum absolute atomic E-state index is 0.110. The zero-order valence-corrected chi connectivity index (χ0v) is 16.1. The number of non-ortho nitro benzene ring substituents is 1. The largest absolute Gasteiger partial charge is 0.493 e. The van der Waals surface area contributed by atoms with Crippen molar-refractivity contribution in [2.45, 2.75) is 31.2 Å². The van der Waals surface area contributed by atoms with Crippen molar-refractivity contribution in [1.29, 1.82) is 0 Å². The lowest BCUT2D eigenvalue weighted by molar-refractivity contribution is -0.384. The first-order valence-electron chi connectivity index (χ1n) is 9.88. The number of hydrogen-bond acceptors (Lipinski definition) is 5. The minimum Gasteiger partial charge on any atom is -0.493 e. The molecular weight excluding hydrogens is 356 g/mol. The molecule has 5 atom stereocenters. The van der Waals surface area contributed by atoms with Crippen molar-refractivity contribution in [2.24, 2.45) is 17.8 Å². The highest BCUT2D eigenvalue weighted by atomic mass is 16.6. The normalized spacial score (nSPS) is 29.6. The topological polar surface area (TPSA) is 73.6 Å². The first kappa shape index (κ1) is 17.3. The van der Waals surface area contributed by atoms with Gasteiger partial charge in [-0.2, -0.15) is 0 Å². The predicted octanol–water partition coefficient (Wildman–Crippen LogP) is 4.91. The second-order valence-corrected chi connectivity index (χ2v) is 8.17. The molecule has 0 aromatic heterocycles. The molecule has 0 spiro atoms. The molecule has 3 aliphatic rings. The van der Waals surface area contributed by atoms with Crippen LogP contribution in [-0.4, -0.2) is 19.1 Å². The van der Waals surface area contributed by atoms with Crippen LogP contribution in [0.2, 0.25) is 0 Å². The molecule has 6 heteroatoms. The van der Waals surface area contributed by atoms with E-state index in [-0.39, 0.29) is 16.7 Å². The second-order valence-electron chi connectivity index (χ2n) is 8.17. The number of ether oxygens (including phenoxy) is 2. The molecule has 0 amide bonds. The van der Waals surface area contributed by atoms with Crippen LogP contribution in [0.25, 0.3) is 0 Å². The summed E-state index contributed by atoms with van der Waals surface area (Å²) in [6.07, 6.45) is 3.67. The summed E-state index contributed by atoms with van der Waals surface area (Å²) in [5, 5.41) is 15.0. The van der Waals surface area contributed by atoms with Gasteiger partial charge in [0.15, 0.2) is 11.5 Å². The van der Waals surface area contributed by atoms with Gasteiger partial charge in [0.1, 0.15) is 0 Å². The molecule has 1 heterocycles. The number of nitro groups is 1. The number of hydrogen-bond donors (Lipinski definition) is 1. The van der Waals surface area contributed by atoms with E-state index >= 15 is 0 Å². The van der Waals surface area contributed by atoms with Crippen LogP contribution in [0, 0.1) is 27.9 Å². The smallest absolute Gasteiger partial charge is 0.269 e. The first-order chi connectivity index (χ1) is 13.6. The highest BCUT2D eigenvalue weighted by molar-refractivity contribution is 5.63. The standard InChI is InChI=1S/C22H24N2O4/c1-27-18-5-3-4-15(22(18)28-2)21-20-13-7-6-12(10-13)19(20)16-11-14(24(25)26)8-9-17(16)23-21/h3-5,8-9,11-13,19-21,23H,6-7,10H2,1-2H3/t12-,13+,19+,20-,21+/m0/s1. The minimum atomic E-state index is -0.292. The van der Waals surface area contributed by atoms with E-state index in [2.05, 4.69) is 11.4 Å². The van der Waals surface area contributed by atoms with Gasteiger partial charge in [0.25, 0.3) is 5.69 Å². The van der Waals surface area contributed by atoms with Crippen molar-refractivity contribution < 1.29 is 14.4 Å². The Balaban J connectivity index is 1.65. The summed E-state index contributed by atoms with van der Waals surface area (Å²) in [5.74, 6) is 3.52. The lowest BCUT2D eigenvalue weighted by atomic mass is 9.68. The van der Waals surface area contributed by atoms with E-state index in [1.165, 1.54) is 19.3 Å².